The van der Waals surface area contributed by atoms with E-state index in [1.54, 1.807) is 45.7 Å². The number of ether oxygens (including phenoxy) is 4. The fourth-order valence-electron chi connectivity index (χ4n) is 10.1. The molecule has 14 heteroatoms. The smallest absolute Gasteiger partial charge is 0.329 e. The molecule has 366 valence electrons. The Kier molecular flexibility index (Phi) is 21.3. The van der Waals surface area contributed by atoms with Crippen LogP contribution in [0.4, 0.5) is 0 Å². The van der Waals surface area contributed by atoms with Crippen molar-refractivity contribution in [1.82, 2.24) is 4.90 Å². The quantitative estimate of drug-likeness (QED) is 0.142. The monoisotopic (exact) mass is 930 g/mol. The number of amides is 1. The number of allylic oxidation sites excluding steroid dienone is 6. The summed E-state index contributed by atoms with van der Waals surface area (Å²) in [5, 5.41) is 33.9. The number of methoxy groups -OCH3 is 2. The molecular weight excluding hydrogens is 851 g/mol. The highest BCUT2D eigenvalue weighted by molar-refractivity contribution is 7.99. The molecule has 1 saturated carbocycles. The van der Waals surface area contributed by atoms with Crippen LogP contribution in [0.15, 0.2) is 47.6 Å². The maximum absolute atomic E-state index is 14.4. The number of hydrogen-bond acceptors (Lipinski definition) is 13. The summed E-state index contributed by atoms with van der Waals surface area (Å²) in [5.41, 5.74) is 1.46. The van der Waals surface area contributed by atoms with Crippen molar-refractivity contribution in [1.29, 1.82) is 0 Å². The summed E-state index contributed by atoms with van der Waals surface area (Å²) >= 11 is 1.63. The van der Waals surface area contributed by atoms with E-state index in [-0.39, 0.29) is 60.1 Å². The van der Waals surface area contributed by atoms with E-state index < -0.39 is 77.8 Å². The molecule has 13 nitrogen and oxygen atoms in total. The van der Waals surface area contributed by atoms with Crippen molar-refractivity contribution in [2.45, 2.75) is 179 Å². The van der Waals surface area contributed by atoms with Crippen molar-refractivity contribution in [2.75, 3.05) is 27.0 Å². The summed E-state index contributed by atoms with van der Waals surface area (Å²) < 4.78 is 23.6. The number of thioether (sulfide) groups is 1. The third-order valence-electron chi connectivity index (χ3n) is 14.5. The number of nitrogens with zero attached hydrogens (tertiary/aromatic N) is 1. The van der Waals surface area contributed by atoms with Crippen LogP contribution in [0.25, 0.3) is 0 Å². The van der Waals surface area contributed by atoms with Crippen LogP contribution in [-0.4, -0.2) is 130 Å². The molecule has 3 N–H and O–H groups in total. The van der Waals surface area contributed by atoms with Gasteiger partial charge in [0.05, 0.1) is 18.3 Å². The normalized spacial score (nSPS) is 40.4. The lowest BCUT2D eigenvalue weighted by molar-refractivity contribution is -0.263. The number of cyclic esters (lactones) is 1. The Hall–Kier alpha value is -2.98. The molecule has 0 aromatic carbocycles. The van der Waals surface area contributed by atoms with Gasteiger partial charge in [0.15, 0.2) is 5.78 Å². The number of ketones is 3. The van der Waals surface area contributed by atoms with Gasteiger partial charge < -0.3 is 39.2 Å². The van der Waals surface area contributed by atoms with Gasteiger partial charge in [0.2, 0.25) is 5.79 Å². The molecule has 15 atom stereocenters. The van der Waals surface area contributed by atoms with Crippen LogP contribution in [0.5, 0.6) is 0 Å². The molecule has 0 spiro atoms. The lowest BCUT2D eigenvalue weighted by Crippen LogP contribution is -2.60. The first kappa shape index (κ1) is 54.6. The summed E-state index contributed by atoms with van der Waals surface area (Å²) in [6.07, 6.45) is 14.4. The number of aliphatic hydroxyl groups is 3. The molecular formula is C51H79NO12S. The zero-order valence-electron chi connectivity index (χ0n) is 40.6. The first-order valence-corrected chi connectivity index (χ1v) is 25.2. The van der Waals surface area contributed by atoms with Gasteiger partial charge in [0.25, 0.3) is 11.7 Å². The zero-order chi connectivity index (χ0) is 48.2. The fraction of sp³-hybridized carbons (Fsp3) is 0.745. The maximum atomic E-state index is 14.4. The number of carbonyl (C=O) groups excluding carboxylic acids is 5. The van der Waals surface area contributed by atoms with Gasteiger partial charge in [-0.25, -0.2) is 4.79 Å². The molecule has 0 radical (unpaired) electrons. The van der Waals surface area contributed by atoms with Gasteiger partial charge >= 0.3 is 5.97 Å². The second-order valence-corrected chi connectivity index (χ2v) is 20.6. The van der Waals surface area contributed by atoms with Gasteiger partial charge in [-0.15, -0.1) is 0 Å². The van der Waals surface area contributed by atoms with Gasteiger partial charge in [-0.05, 0) is 114 Å². The second kappa shape index (κ2) is 25.4. The minimum atomic E-state index is -2.38. The molecule has 2 bridgehead atoms. The standard InChI is InChI=1S/C51H79NO12S/c1-30-16-12-11-13-17-31(2)44(65-10)28-38-21-19-36(7)51(60,64-38)48(57)49(58)52-23-15-14-18-39(52)50(59)63-42(33(4)26-37-20-22-40(53)43(27-37)61-8)29-41(54)32(3)25-35(6)46(56)47(62-9)45(55)34(5)24-30/h11-13,16-17,25,30,32-34,36-40,42-44,46-47,53,56,60H,14-15,18-24,26-29H2,1-10H3/b13-11+,16-12-,31-17+,35-25+/t30-,32-,33-,34-,36-,37-,38+,39+,40-,42+,43-,44-,46-,47+,51-/m1/s1. The Morgan fingerprint density at radius 3 is 2.29 bits per heavy atom. The van der Waals surface area contributed by atoms with Crippen molar-refractivity contribution < 1.29 is 58.2 Å². The number of carbonyl (C=O) groups is 5. The predicted octanol–water partition coefficient (Wildman–Crippen LogP) is 6.90. The third-order valence-corrected chi connectivity index (χ3v) is 15.6. The van der Waals surface area contributed by atoms with Crippen LogP contribution in [0.3, 0.4) is 0 Å². The summed E-state index contributed by atoms with van der Waals surface area (Å²) in [5.74, 6) is -7.73. The predicted molar refractivity (Wildman–Crippen MR) is 252 cm³/mol. The van der Waals surface area contributed by atoms with Gasteiger partial charge in [0, 0.05) is 50.2 Å². The summed E-state index contributed by atoms with van der Waals surface area (Å²) in [6, 6.07) is -1.12. The van der Waals surface area contributed by atoms with E-state index in [1.165, 1.54) is 12.0 Å². The Morgan fingerprint density at radius 1 is 0.892 bits per heavy atom. The second-order valence-electron chi connectivity index (χ2n) is 19.6. The highest BCUT2D eigenvalue weighted by Gasteiger charge is 2.53. The number of esters is 1. The van der Waals surface area contributed by atoms with E-state index in [4.69, 9.17) is 18.9 Å². The van der Waals surface area contributed by atoms with Crippen LogP contribution in [-0.2, 0) is 42.9 Å². The molecule has 4 rings (SSSR count). The first-order valence-electron chi connectivity index (χ1n) is 23.9. The molecule has 3 aliphatic heterocycles. The summed E-state index contributed by atoms with van der Waals surface area (Å²) in [4.78, 5) is 71.9. The Morgan fingerprint density at radius 2 is 1.62 bits per heavy atom. The lowest BCUT2D eigenvalue weighted by Gasteiger charge is -2.42. The minimum absolute atomic E-state index is 0.000885. The third kappa shape index (κ3) is 14.5. The number of aliphatic hydroxyl groups excluding tert-OH is 2. The van der Waals surface area contributed by atoms with Crippen LogP contribution in [0.2, 0.25) is 0 Å². The van der Waals surface area contributed by atoms with E-state index in [9.17, 15) is 39.3 Å². The van der Waals surface area contributed by atoms with Crippen molar-refractivity contribution in [2.24, 2.45) is 35.5 Å². The molecule has 0 aromatic rings. The van der Waals surface area contributed by atoms with Crippen LogP contribution >= 0.6 is 11.8 Å². The highest BCUT2D eigenvalue weighted by Crippen LogP contribution is 2.38. The Labute approximate surface area is 392 Å². The molecule has 4 aliphatic rings. The number of hydrogen-bond donors (Lipinski definition) is 3. The van der Waals surface area contributed by atoms with E-state index in [2.05, 4.69) is 0 Å². The molecule has 1 aliphatic carbocycles. The Balaban J connectivity index is 1.70. The molecule has 65 heavy (non-hydrogen) atoms. The van der Waals surface area contributed by atoms with Crippen molar-refractivity contribution in [3.05, 3.63) is 47.6 Å². The average molecular weight is 930 g/mol. The van der Waals surface area contributed by atoms with Crippen LogP contribution in [0.1, 0.15) is 126 Å². The molecule has 2 saturated heterocycles. The lowest BCUT2D eigenvalue weighted by atomic mass is 9.78. The molecule has 0 aromatic heterocycles. The van der Waals surface area contributed by atoms with Crippen molar-refractivity contribution in [3.63, 3.8) is 0 Å². The van der Waals surface area contributed by atoms with Crippen LogP contribution < -0.4 is 0 Å². The zero-order valence-corrected chi connectivity index (χ0v) is 41.4. The van der Waals surface area contributed by atoms with E-state index >= 15 is 0 Å². The highest BCUT2D eigenvalue weighted by atomic mass is 32.2. The minimum Gasteiger partial charge on any atom is -0.460 e. The Bertz CT molecular complexity index is 1760. The SMILES string of the molecule is CO[C@@H]1C[C@@H](C[C@@H](C)[C@@H]2CC(=O)[C@H](C)/C=C(\C)[C@@H](O)[C@@H](OC)C(=O)[C@H](C)C[C@H](C)\C=C/C=C/C=C(\C)[C@H](SC)C[C@@H]3CC[C@@H](C)[C@@](O)(O3)C(=O)C(=O)N3CCCC[C@H]3C(=O)O2)CC[C@H]1O. The summed E-state index contributed by atoms with van der Waals surface area (Å²) in [6.45, 7) is 12.9. The van der Waals surface area contributed by atoms with Crippen LogP contribution in [0, 0.1) is 35.5 Å². The van der Waals surface area contributed by atoms with Gasteiger partial charge in [0.1, 0.15) is 30.1 Å². The molecule has 0 unspecified atom stereocenters. The average Bonchev–Trinajstić information content (AvgIpc) is 3.28. The molecule has 3 heterocycles. The largest absolute Gasteiger partial charge is 0.460 e. The summed E-state index contributed by atoms with van der Waals surface area (Å²) in [7, 11) is 2.96. The van der Waals surface area contributed by atoms with Gasteiger partial charge in [-0.3, -0.25) is 19.2 Å². The fourth-order valence-corrected chi connectivity index (χ4v) is 11.0. The van der Waals surface area contributed by atoms with E-state index in [1.807, 2.05) is 64.3 Å². The van der Waals surface area contributed by atoms with Gasteiger partial charge in [-0.2, -0.15) is 11.8 Å². The molecule has 3 fully saturated rings. The first-order chi connectivity index (χ1) is 30.7. The number of Topliss-reactive ketones (excluding diaryl/α,β-unsaturated/α-hetero) is 3. The van der Waals surface area contributed by atoms with Crippen molar-refractivity contribution >= 4 is 41.0 Å². The number of fused-ring (bicyclic) bond motifs is 3. The molecule has 1 amide bonds. The number of piperidine rings is 1. The van der Waals surface area contributed by atoms with Crippen molar-refractivity contribution in [3.8, 4) is 0 Å². The maximum Gasteiger partial charge on any atom is 0.329 e. The van der Waals surface area contributed by atoms with E-state index in [0.717, 1.165) is 12.0 Å². The number of rotatable bonds is 6. The topological polar surface area (TPSA) is 186 Å². The van der Waals surface area contributed by atoms with Gasteiger partial charge in [-0.1, -0.05) is 76.6 Å². The van der Waals surface area contributed by atoms with E-state index in [0.29, 0.717) is 63.4 Å².